The fraction of sp³-hybridized carbons (Fsp3) is 0.391. The highest BCUT2D eigenvalue weighted by Gasteiger charge is 2.39. The zero-order valence-electron chi connectivity index (χ0n) is 18.8. The third-order valence-electron chi connectivity index (χ3n) is 6.08. The second-order valence-electron chi connectivity index (χ2n) is 8.32. The van der Waals surface area contributed by atoms with Crippen molar-refractivity contribution in [2.75, 3.05) is 25.4 Å². The number of nitrogens with zero attached hydrogens (tertiary/aromatic N) is 1. The average molecular weight is 492 g/mol. The highest BCUT2D eigenvalue weighted by Crippen LogP contribution is 2.33. The Bertz CT molecular complexity index is 1190. The van der Waals surface area contributed by atoms with Gasteiger partial charge >= 0.3 is 0 Å². The molecular weight excluding hydrogens is 465 g/mol. The van der Waals surface area contributed by atoms with E-state index in [1.165, 1.54) is 18.2 Å². The monoisotopic (exact) mass is 491 g/mol. The molecule has 34 heavy (non-hydrogen) atoms. The molecule has 0 aromatic heterocycles. The summed E-state index contributed by atoms with van der Waals surface area (Å²) in [6.07, 6.45) is 0.851. The van der Waals surface area contributed by atoms with Crippen molar-refractivity contribution >= 4 is 27.5 Å². The predicted molar refractivity (Wildman–Crippen MR) is 122 cm³/mol. The van der Waals surface area contributed by atoms with Crippen LogP contribution in [-0.4, -0.2) is 64.1 Å². The molecule has 2 heterocycles. The molecule has 0 spiro atoms. The number of carbonyl (C=O) groups is 2. The van der Waals surface area contributed by atoms with Crippen LogP contribution in [-0.2, 0) is 19.6 Å². The Labute approximate surface area is 197 Å². The molecule has 2 amide bonds. The Hall–Kier alpha value is -3.18. The van der Waals surface area contributed by atoms with Crippen molar-refractivity contribution in [2.24, 2.45) is 0 Å². The Morgan fingerprint density at radius 2 is 1.91 bits per heavy atom. The van der Waals surface area contributed by atoms with Crippen molar-refractivity contribution in [1.29, 1.82) is 0 Å². The lowest BCUT2D eigenvalue weighted by molar-refractivity contribution is -0.133. The molecule has 0 saturated carbocycles. The molecule has 0 unspecified atom stereocenters. The first-order chi connectivity index (χ1) is 16.2. The van der Waals surface area contributed by atoms with Gasteiger partial charge in [-0.25, -0.2) is 12.8 Å². The van der Waals surface area contributed by atoms with E-state index in [0.29, 0.717) is 18.6 Å². The van der Waals surface area contributed by atoms with Crippen molar-refractivity contribution in [1.82, 2.24) is 10.2 Å². The first kappa shape index (κ1) is 24.0. The molecule has 2 aromatic rings. The Balaban J connectivity index is 1.55. The summed E-state index contributed by atoms with van der Waals surface area (Å²) >= 11 is 0. The summed E-state index contributed by atoms with van der Waals surface area (Å²) in [5, 5.41) is 2.59. The van der Waals surface area contributed by atoms with E-state index in [4.69, 9.17) is 9.47 Å². The van der Waals surface area contributed by atoms with Crippen LogP contribution in [0, 0.1) is 5.82 Å². The predicted octanol–water partition coefficient (Wildman–Crippen LogP) is 2.14. The molecule has 3 atom stereocenters. The van der Waals surface area contributed by atoms with E-state index >= 15 is 0 Å². The van der Waals surface area contributed by atoms with Crippen molar-refractivity contribution in [2.45, 2.75) is 42.4 Å². The van der Waals surface area contributed by atoms with Gasteiger partial charge in [-0.05, 0) is 55.3 Å². The molecule has 0 radical (unpaired) electrons. The lowest BCUT2D eigenvalue weighted by atomic mass is 9.94. The van der Waals surface area contributed by atoms with Crippen LogP contribution in [0.2, 0.25) is 0 Å². The van der Waals surface area contributed by atoms with Crippen LogP contribution in [0.25, 0.3) is 0 Å². The number of hydrogen-bond acceptors (Lipinski definition) is 6. The zero-order chi connectivity index (χ0) is 24.5. The van der Waals surface area contributed by atoms with Crippen LogP contribution < -0.4 is 14.8 Å². The lowest BCUT2D eigenvalue weighted by Crippen LogP contribution is -2.53. The largest absolute Gasteiger partial charge is 0.490 e. The van der Waals surface area contributed by atoms with Crippen molar-refractivity contribution in [3.05, 3.63) is 53.8 Å². The van der Waals surface area contributed by atoms with Crippen LogP contribution in [0.4, 0.5) is 10.1 Å². The van der Waals surface area contributed by atoms with E-state index in [1.54, 1.807) is 19.0 Å². The van der Waals surface area contributed by atoms with Crippen LogP contribution in [0.15, 0.2) is 47.4 Å². The van der Waals surface area contributed by atoms with Crippen LogP contribution in [0.5, 0.6) is 5.75 Å². The number of anilines is 1. The summed E-state index contributed by atoms with van der Waals surface area (Å²) < 4.78 is 52.9. The molecule has 182 valence electrons. The molecule has 2 N–H and O–H groups in total. The standard InChI is InChI=1S/C23H26FN3O6S/c1-25-22(28)12-16-6-9-19-21(33-16)13-32-20-10-5-15(11-18(20)23(29)27(19)2)26-34(30,31)17-7-3-14(24)4-8-17/h3-5,7-8,10-11,16,19,21,26H,6,9,12-13H2,1-2H3,(H,25,28)/t16-,19-,21-/m1/s1. The minimum absolute atomic E-state index is 0.103. The number of rotatable bonds is 5. The maximum Gasteiger partial charge on any atom is 0.261 e. The fourth-order valence-corrected chi connectivity index (χ4v) is 5.28. The Kier molecular flexibility index (Phi) is 6.76. The number of carbonyl (C=O) groups excluding carboxylic acids is 2. The molecule has 1 fully saturated rings. The van der Waals surface area contributed by atoms with Gasteiger partial charge in [-0.3, -0.25) is 14.3 Å². The quantitative estimate of drug-likeness (QED) is 0.663. The molecule has 4 rings (SSSR count). The molecule has 11 heteroatoms. The van der Waals surface area contributed by atoms with Gasteiger partial charge in [-0.2, -0.15) is 0 Å². The second-order valence-corrected chi connectivity index (χ2v) is 10.00. The van der Waals surface area contributed by atoms with E-state index in [-0.39, 0.29) is 53.1 Å². The van der Waals surface area contributed by atoms with Crippen molar-refractivity contribution < 1.29 is 31.9 Å². The first-order valence-corrected chi connectivity index (χ1v) is 12.3. The van der Waals surface area contributed by atoms with Gasteiger partial charge in [0.25, 0.3) is 15.9 Å². The molecule has 2 aliphatic heterocycles. The number of nitrogens with one attached hydrogen (secondary N) is 2. The second kappa shape index (κ2) is 9.59. The number of ether oxygens (including phenoxy) is 2. The van der Waals surface area contributed by atoms with Gasteiger partial charge in [0.15, 0.2) is 0 Å². The first-order valence-electron chi connectivity index (χ1n) is 10.9. The molecule has 2 aliphatic rings. The Morgan fingerprint density at radius 1 is 1.18 bits per heavy atom. The molecule has 1 saturated heterocycles. The minimum atomic E-state index is -3.98. The topological polar surface area (TPSA) is 114 Å². The van der Waals surface area contributed by atoms with E-state index in [2.05, 4.69) is 10.0 Å². The SMILES string of the molecule is CNC(=O)C[C@H]1CC[C@@H]2[C@@H](COc3ccc(NS(=O)(=O)c4ccc(F)cc4)cc3C(=O)N2C)O1. The Morgan fingerprint density at radius 3 is 2.62 bits per heavy atom. The summed E-state index contributed by atoms with van der Waals surface area (Å²) in [6, 6.07) is 8.63. The minimum Gasteiger partial charge on any atom is -0.490 e. The van der Waals surface area contributed by atoms with Gasteiger partial charge in [-0.1, -0.05) is 0 Å². The smallest absolute Gasteiger partial charge is 0.261 e. The zero-order valence-corrected chi connectivity index (χ0v) is 19.6. The average Bonchev–Trinajstić information content (AvgIpc) is 2.81. The van der Waals surface area contributed by atoms with Gasteiger partial charge in [-0.15, -0.1) is 0 Å². The van der Waals surface area contributed by atoms with E-state index < -0.39 is 21.9 Å². The summed E-state index contributed by atoms with van der Waals surface area (Å²) in [5.74, 6) is -0.686. The maximum absolute atomic E-state index is 13.3. The van der Waals surface area contributed by atoms with E-state index in [0.717, 1.165) is 24.3 Å². The number of hydrogen-bond donors (Lipinski definition) is 2. The summed E-state index contributed by atoms with van der Waals surface area (Å²) in [6.45, 7) is 0.181. The van der Waals surface area contributed by atoms with Crippen molar-refractivity contribution in [3.63, 3.8) is 0 Å². The number of benzene rings is 2. The number of halogens is 1. The normalized spacial score (nSPS) is 22.5. The fourth-order valence-electron chi connectivity index (χ4n) is 4.23. The summed E-state index contributed by atoms with van der Waals surface area (Å²) in [4.78, 5) is 26.5. The summed E-state index contributed by atoms with van der Waals surface area (Å²) in [7, 11) is -0.729. The third kappa shape index (κ3) is 5.00. The maximum atomic E-state index is 13.3. The molecule has 2 aromatic carbocycles. The molecule has 0 aliphatic carbocycles. The van der Waals surface area contributed by atoms with Gasteiger partial charge in [0.1, 0.15) is 24.3 Å². The number of fused-ring (bicyclic) bond motifs is 2. The summed E-state index contributed by atoms with van der Waals surface area (Å²) in [5.41, 5.74) is 0.392. The number of sulfonamides is 1. The highest BCUT2D eigenvalue weighted by atomic mass is 32.2. The van der Waals surface area contributed by atoms with Gasteiger partial charge in [0.2, 0.25) is 5.91 Å². The third-order valence-corrected chi connectivity index (χ3v) is 7.48. The number of amides is 2. The van der Waals surface area contributed by atoms with E-state index in [9.17, 15) is 22.4 Å². The van der Waals surface area contributed by atoms with Crippen LogP contribution in [0.1, 0.15) is 29.6 Å². The van der Waals surface area contributed by atoms with Crippen molar-refractivity contribution in [3.8, 4) is 5.75 Å². The van der Waals surface area contributed by atoms with Crippen LogP contribution >= 0.6 is 0 Å². The highest BCUT2D eigenvalue weighted by molar-refractivity contribution is 7.92. The van der Waals surface area contributed by atoms with Gasteiger partial charge in [0, 0.05) is 19.8 Å². The lowest BCUT2D eigenvalue weighted by Gasteiger charge is -2.42. The van der Waals surface area contributed by atoms with Crippen LogP contribution in [0.3, 0.4) is 0 Å². The molecule has 0 bridgehead atoms. The van der Waals surface area contributed by atoms with Gasteiger partial charge < -0.3 is 19.7 Å². The number of likely N-dealkylation sites (N-methyl/N-ethyl adjacent to an activating group) is 1. The molecular formula is C23H26FN3O6S. The molecule has 9 nitrogen and oxygen atoms in total. The van der Waals surface area contributed by atoms with Gasteiger partial charge in [0.05, 0.1) is 29.0 Å². The van der Waals surface area contributed by atoms with E-state index in [1.807, 2.05) is 0 Å².